The Morgan fingerprint density at radius 1 is 1.78 bits per heavy atom. The van der Waals surface area contributed by atoms with Crippen molar-refractivity contribution in [1.82, 2.24) is 0 Å². The maximum absolute atomic E-state index is 5.24. The summed E-state index contributed by atoms with van der Waals surface area (Å²) in [5, 5.41) is 0. The second-order valence-electron chi connectivity index (χ2n) is 2.01. The minimum atomic E-state index is -2.11. The van der Waals surface area contributed by atoms with Crippen molar-refractivity contribution >= 4 is 29.7 Å². The predicted molar refractivity (Wildman–Crippen MR) is 44.4 cm³/mol. The lowest BCUT2D eigenvalue weighted by atomic mass is 10.3. The van der Waals surface area contributed by atoms with Crippen molar-refractivity contribution in [2.24, 2.45) is 0 Å². The van der Waals surface area contributed by atoms with Crippen LogP contribution in [0.1, 0.15) is 13.3 Å². The Bertz CT molecular complexity index is 150. The number of thiol groups is 1. The maximum Gasteiger partial charge on any atom is 0.244 e. The van der Waals surface area contributed by atoms with Crippen LogP contribution in [0, 0.1) is 0 Å². The molecule has 1 rings (SSSR count). The van der Waals surface area contributed by atoms with Crippen LogP contribution in [0.5, 0.6) is 0 Å². The van der Waals surface area contributed by atoms with Crippen LogP contribution in [0.3, 0.4) is 0 Å². The molecule has 1 saturated heterocycles. The summed E-state index contributed by atoms with van der Waals surface area (Å²) in [5.41, 5.74) is -2.11. The third-order valence-electron chi connectivity index (χ3n) is 1.09. The first-order valence-corrected chi connectivity index (χ1v) is 6.55. The molecule has 1 heterocycles. The van der Waals surface area contributed by atoms with Gasteiger partial charge in [-0.25, -0.2) is 0 Å². The van der Waals surface area contributed by atoms with Crippen molar-refractivity contribution in [3.05, 3.63) is 0 Å². The van der Waals surface area contributed by atoms with Gasteiger partial charge in [0.05, 0.1) is 12.7 Å². The monoisotopic (exact) mass is 184 g/mol. The van der Waals surface area contributed by atoms with Gasteiger partial charge in [-0.05, 0) is 25.2 Å². The van der Waals surface area contributed by atoms with Crippen LogP contribution in [0.25, 0.3) is 0 Å². The van der Waals surface area contributed by atoms with Gasteiger partial charge in [-0.3, -0.25) is 0 Å². The van der Waals surface area contributed by atoms with E-state index in [4.69, 9.17) is 20.9 Å². The van der Waals surface area contributed by atoms with Crippen LogP contribution in [0.2, 0.25) is 0 Å². The molecule has 0 radical (unpaired) electrons. The van der Waals surface area contributed by atoms with Gasteiger partial charge < -0.3 is 9.05 Å². The molecule has 1 aliphatic heterocycles. The SMILES string of the molecule is CC1CCOP(=S)(S)O1. The molecule has 2 atom stereocenters. The van der Waals surface area contributed by atoms with Crippen LogP contribution < -0.4 is 0 Å². The standard InChI is InChI=1S/C4H9O2PS2/c1-4-2-3-5-7(8,9)6-4/h4H,2-3H2,1H3,(H,8,9). The lowest BCUT2D eigenvalue weighted by molar-refractivity contribution is 0.128. The Labute approximate surface area is 65.3 Å². The Hall–Kier alpha value is 0.920. The largest absolute Gasteiger partial charge is 0.322 e. The van der Waals surface area contributed by atoms with Crippen LogP contribution in [-0.4, -0.2) is 12.7 Å². The van der Waals surface area contributed by atoms with Crippen LogP contribution >= 0.6 is 17.9 Å². The second-order valence-corrected chi connectivity index (χ2v) is 7.25. The fourth-order valence-corrected chi connectivity index (χ4v) is 2.99. The average molecular weight is 184 g/mol. The van der Waals surface area contributed by atoms with Crippen molar-refractivity contribution in [3.63, 3.8) is 0 Å². The molecule has 0 aliphatic carbocycles. The molecule has 2 unspecified atom stereocenters. The zero-order valence-electron chi connectivity index (χ0n) is 5.11. The van der Waals surface area contributed by atoms with E-state index < -0.39 is 5.69 Å². The van der Waals surface area contributed by atoms with Gasteiger partial charge in [0.1, 0.15) is 0 Å². The molecule has 1 aliphatic rings. The lowest BCUT2D eigenvalue weighted by Gasteiger charge is -2.26. The molecule has 0 aromatic carbocycles. The van der Waals surface area contributed by atoms with Gasteiger partial charge in [0.15, 0.2) is 0 Å². The van der Waals surface area contributed by atoms with E-state index in [9.17, 15) is 0 Å². The average Bonchev–Trinajstić information content (AvgIpc) is 1.60. The molecule has 0 N–H and O–H groups in total. The minimum Gasteiger partial charge on any atom is -0.322 e. The molecular weight excluding hydrogens is 175 g/mol. The van der Waals surface area contributed by atoms with E-state index in [0.717, 1.165) is 6.42 Å². The lowest BCUT2D eigenvalue weighted by Crippen LogP contribution is -2.14. The fraction of sp³-hybridized carbons (Fsp3) is 1.00. The van der Waals surface area contributed by atoms with Crippen LogP contribution in [0.4, 0.5) is 0 Å². The van der Waals surface area contributed by atoms with Crippen molar-refractivity contribution < 1.29 is 9.05 Å². The highest BCUT2D eigenvalue weighted by Crippen LogP contribution is 2.56. The number of rotatable bonds is 0. The molecule has 0 saturated carbocycles. The summed E-state index contributed by atoms with van der Waals surface area (Å²) < 4.78 is 10.3. The summed E-state index contributed by atoms with van der Waals surface area (Å²) in [6.45, 7) is 2.68. The first kappa shape index (κ1) is 8.02. The molecule has 2 nitrogen and oxygen atoms in total. The smallest absolute Gasteiger partial charge is 0.244 e. The molecule has 0 aromatic rings. The highest BCUT2D eigenvalue weighted by atomic mass is 32.9. The van der Waals surface area contributed by atoms with E-state index in [1.54, 1.807) is 0 Å². The van der Waals surface area contributed by atoms with Gasteiger partial charge in [0.2, 0.25) is 5.69 Å². The Morgan fingerprint density at radius 3 is 2.78 bits per heavy atom. The normalized spacial score (nSPS) is 44.9. The quantitative estimate of drug-likeness (QED) is 0.458. The molecule has 0 amide bonds. The van der Waals surface area contributed by atoms with Crippen LogP contribution in [0.15, 0.2) is 0 Å². The van der Waals surface area contributed by atoms with Crippen molar-refractivity contribution in [2.45, 2.75) is 19.4 Å². The summed E-state index contributed by atoms with van der Waals surface area (Å²) >= 11 is 8.96. The molecule has 0 bridgehead atoms. The van der Waals surface area contributed by atoms with Crippen molar-refractivity contribution in [2.75, 3.05) is 6.61 Å². The summed E-state index contributed by atoms with van der Waals surface area (Å²) in [6, 6.07) is 0. The van der Waals surface area contributed by atoms with E-state index in [1.165, 1.54) is 0 Å². The number of hydrogen-bond donors (Lipinski definition) is 1. The summed E-state index contributed by atoms with van der Waals surface area (Å²) in [6.07, 6.45) is 1.15. The minimum absolute atomic E-state index is 0.224. The van der Waals surface area contributed by atoms with Crippen LogP contribution in [-0.2, 0) is 20.9 Å². The van der Waals surface area contributed by atoms with Gasteiger partial charge >= 0.3 is 0 Å². The molecule has 9 heavy (non-hydrogen) atoms. The predicted octanol–water partition coefficient (Wildman–Crippen LogP) is 1.97. The molecule has 5 heteroatoms. The third kappa shape index (κ3) is 2.56. The van der Waals surface area contributed by atoms with Gasteiger partial charge in [-0.15, -0.1) is 0 Å². The fourth-order valence-electron chi connectivity index (χ4n) is 0.645. The van der Waals surface area contributed by atoms with Gasteiger partial charge in [0.25, 0.3) is 0 Å². The van der Waals surface area contributed by atoms with Crippen molar-refractivity contribution in [3.8, 4) is 0 Å². The first-order valence-electron chi connectivity index (χ1n) is 2.76. The van der Waals surface area contributed by atoms with E-state index in [1.807, 2.05) is 6.92 Å². The van der Waals surface area contributed by atoms with E-state index in [-0.39, 0.29) is 6.10 Å². The van der Waals surface area contributed by atoms with Gasteiger partial charge in [-0.2, -0.15) is 0 Å². The maximum atomic E-state index is 5.24. The molecule has 1 fully saturated rings. The highest BCUT2D eigenvalue weighted by molar-refractivity contribution is 8.60. The van der Waals surface area contributed by atoms with E-state index >= 15 is 0 Å². The molecule has 0 aromatic heterocycles. The van der Waals surface area contributed by atoms with E-state index in [2.05, 4.69) is 12.2 Å². The zero-order valence-corrected chi connectivity index (χ0v) is 7.72. The number of hydrogen-bond acceptors (Lipinski definition) is 3. The third-order valence-corrected chi connectivity index (χ3v) is 3.43. The Kier molecular flexibility index (Phi) is 2.57. The van der Waals surface area contributed by atoms with E-state index in [0.29, 0.717) is 6.61 Å². The first-order chi connectivity index (χ1) is 4.10. The topological polar surface area (TPSA) is 18.5 Å². The highest BCUT2D eigenvalue weighted by Gasteiger charge is 2.22. The van der Waals surface area contributed by atoms with Gasteiger partial charge in [0, 0.05) is 0 Å². The summed E-state index contributed by atoms with van der Waals surface area (Å²) in [5.74, 6) is 0. The summed E-state index contributed by atoms with van der Waals surface area (Å²) in [7, 11) is 0. The molecule has 0 spiro atoms. The Morgan fingerprint density at radius 2 is 2.44 bits per heavy atom. The molecular formula is C4H9O2PS2. The summed E-state index contributed by atoms with van der Waals surface area (Å²) in [4.78, 5) is 0. The zero-order chi connectivity index (χ0) is 6.91. The van der Waals surface area contributed by atoms with Gasteiger partial charge in [-0.1, -0.05) is 12.2 Å². The molecule has 54 valence electrons. The Balaban J connectivity index is 2.51. The second kappa shape index (κ2) is 2.89. The van der Waals surface area contributed by atoms with Crippen molar-refractivity contribution in [1.29, 1.82) is 0 Å².